The van der Waals surface area contributed by atoms with E-state index in [-0.39, 0.29) is 6.04 Å². The first-order chi connectivity index (χ1) is 9.24. The molecule has 2 heterocycles. The number of nitrogens with zero attached hydrogens (tertiary/aromatic N) is 3. The summed E-state index contributed by atoms with van der Waals surface area (Å²) in [6.07, 6.45) is 5.62. The molecule has 0 aromatic carbocycles. The summed E-state index contributed by atoms with van der Waals surface area (Å²) in [7, 11) is 0. The number of nitrogens with one attached hydrogen (secondary N) is 2. The summed E-state index contributed by atoms with van der Waals surface area (Å²) in [5, 5.41) is 6.56. The highest BCUT2D eigenvalue weighted by atomic mass is 16.5. The van der Waals surface area contributed by atoms with Crippen LogP contribution >= 0.6 is 0 Å². The molecule has 0 saturated carbocycles. The number of ether oxygens (including phenoxy) is 1. The van der Waals surface area contributed by atoms with Gasteiger partial charge in [0.15, 0.2) is 11.5 Å². The van der Waals surface area contributed by atoms with Crippen LogP contribution in [0.5, 0.6) is 0 Å². The predicted molar refractivity (Wildman–Crippen MR) is 76.7 cm³/mol. The van der Waals surface area contributed by atoms with Crippen molar-refractivity contribution in [3.8, 4) is 0 Å². The van der Waals surface area contributed by atoms with E-state index in [0.717, 1.165) is 30.4 Å². The summed E-state index contributed by atoms with van der Waals surface area (Å²) in [6.45, 7) is 8.30. The molecule has 2 aromatic rings. The van der Waals surface area contributed by atoms with Gasteiger partial charge in [-0.05, 0) is 20.8 Å². The van der Waals surface area contributed by atoms with Crippen molar-refractivity contribution in [3.63, 3.8) is 0 Å². The van der Waals surface area contributed by atoms with E-state index in [1.165, 1.54) is 0 Å². The normalized spacial score (nSPS) is 12.6. The fourth-order valence-corrected chi connectivity index (χ4v) is 1.86. The van der Waals surface area contributed by atoms with E-state index >= 15 is 0 Å². The summed E-state index contributed by atoms with van der Waals surface area (Å²) in [5.41, 5.74) is 0.824. The summed E-state index contributed by atoms with van der Waals surface area (Å²) in [5.74, 6) is 1.61. The van der Waals surface area contributed by atoms with E-state index in [0.29, 0.717) is 6.61 Å². The number of fused-ring (bicyclic) bond motifs is 1. The maximum atomic E-state index is 5.41. The van der Waals surface area contributed by atoms with Gasteiger partial charge in [-0.25, -0.2) is 9.97 Å². The Hall–Kier alpha value is -1.82. The van der Waals surface area contributed by atoms with E-state index in [2.05, 4.69) is 27.5 Å². The highest BCUT2D eigenvalue weighted by molar-refractivity contribution is 5.65. The van der Waals surface area contributed by atoms with Gasteiger partial charge in [0.25, 0.3) is 0 Å². The molecule has 6 heteroatoms. The molecule has 19 heavy (non-hydrogen) atoms. The van der Waals surface area contributed by atoms with Crippen LogP contribution in [-0.2, 0) is 4.74 Å². The van der Waals surface area contributed by atoms with Crippen molar-refractivity contribution in [2.75, 3.05) is 30.4 Å². The molecule has 1 atom stereocenters. The Labute approximate surface area is 113 Å². The minimum absolute atomic E-state index is 0.185. The average molecular weight is 263 g/mol. The highest BCUT2D eigenvalue weighted by Gasteiger charge is 2.10. The van der Waals surface area contributed by atoms with E-state index in [9.17, 15) is 0 Å². The summed E-state index contributed by atoms with van der Waals surface area (Å²) >= 11 is 0. The van der Waals surface area contributed by atoms with Crippen molar-refractivity contribution < 1.29 is 4.74 Å². The van der Waals surface area contributed by atoms with Crippen molar-refractivity contribution in [3.05, 3.63) is 18.6 Å². The standard InChI is InChI=1S/C13H21N5O/c1-4-14-11-8-18-7-6-15-13(18)12(17-11)16-10(3)9-19-5-2/h6-8,10,14H,4-5,9H2,1-3H3,(H,16,17). The number of hydrogen-bond donors (Lipinski definition) is 2. The van der Waals surface area contributed by atoms with E-state index in [1.54, 1.807) is 6.20 Å². The third kappa shape index (κ3) is 3.35. The number of anilines is 2. The molecular formula is C13H21N5O. The summed E-state index contributed by atoms with van der Waals surface area (Å²) in [6, 6.07) is 0.185. The molecule has 0 aliphatic rings. The molecule has 6 nitrogen and oxygen atoms in total. The van der Waals surface area contributed by atoms with Gasteiger partial charge in [-0.1, -0.05) is 0 Å². The third-order valence-corrected chi connectivity index (χ3v) is 2.69. The van der Waals surface area contributed by atoms with Crippen LogP contribution < -0.4 is 10.6 Å². The number of imidazole rings is 1. The second kappa shape index (κ2) is 6.38. The quantitative estimate of drug-likeness (QED) is 0.800. The predicted octanol–water partition coefficient (Wildman–Crippen LogP) is 2.00. The Balaban J connectivity index is 2.21. The van der Waals surface area contributed by atoms with Crippen molar-refractivity contribution in [1.29, 1.82) is 0 Å². The largest absolute Gasteiger partial charge is 0.380 e. The fraction of sp³-hybridized carbons (Fsp3) is 0.538. The molecule has 2 rings (SSSR count). The molecule has 0 aliphatic heterocycles. The van der Waals surface area contributed by atoms with Gasteiger partial charge in [-0.3, -0.25) is 0 Å². The van der Waals surface area contributed by atoms with Gasteiger partial charge in [0.2, 0.25) is 0 Å². The van der Waals surface area contributed by atoms with Crippen LogP contribution in [0.4, 0.5) is 11.6 Å². The highest BCUT2D eigenvalue weighted by Crippen LogP contribution is 2.17. The zero-order valence-corrected chi connectivity index (χ0v) is 11.7. The van der Waals surface area contributed by atoms with Crippen LogP contribution in [0.1, 0.15) is 20.8 Å². The molecule has 0 saturated heterocycles. The molecule has 0 spiro atoms. The number of hydrogen-bond acceptors (Lipinski definition) is 5. The molecular weight excluding hydrogens is 242 g/mol. The van der Waals surface area contributed by atoms with Crippen LogP contribution in [0.15, 0.2) is 18.6 Å². The minimum Gasteiger partial charge on any atom is -0.380 e. The van der Waals surface area contributed by atoms with Gasteiger partial charge in [0.05, 0.1) is 12.8 Å². The van der Waals surface area contributed by atoms with E-state index in [1.807, 2.05) is 30.6 Å². The monoisotopic (exact) mass is 263 g/mol. The lowest BCUT2D eigenvalue weighted by molar-refractivity contribution is 0.141. The van der Waals surface area contributed by atoms with Crippen LogP contribution in [-0.4, -0.2) is 40.2 Å². The van der Waals surface area contributed by atoms with Gasteiger partial charge in [-0.2, -0.15) is 0 Å². The maximum Gasteiger partial charge on any atom is 0.180 e. The van der Waals surface area contributed by atoms with Gasteiger partial charge in [-0.15, -0.1) is 0 Å². The average Bonchev–Trinajstić information content (AvgIpc) is 2.85. The molecule has 2 aromatic heterocycles. The zero-order valence-electron chi connectivity index (χ0n) is 11.7. The topological polar surface area (TPSA) is 63.5 Å². The lowest BCUT2D eigenvalue weighted by Gasteiger charge is -2.15. The van der Waals surface area contributed by atoms with Gasteiger partial charge >= 0.3 is 0 Å². The van der Waals surface area contributed by atoms with Gasteiger partial charge in [0.1, 0.15) is 5.82 Å². The Kier molecular flexibility index (Phi) is 4.57. The summed E-state index contributed by atoms with van der Waals surface area (Å²) in [4.78, 5) is 8.87. The fourth-order valence-electron chi connectivity index (χ4n) is 1.86. The Morgan fingerprint density at radius 2 is 2.26 bits per heavy atom. The minimum atomic E-state index is 0.185. The smallest absolute Gasteiger partial charge is 0.180 e. The van der Waals surface area contributed by atoms with Crippen LogP contribution in [0.2, 0.25) is 0 Å². The summed E-state index contributed by atoms with van der Waals surface area (Å²) < 4.78 is 7.36. The SMILES string of the molecule is CCNc1cn2ccnc2c(NC(C)COCC)n1. The number of aromatic nitrogens is 3. The van der Waals surface area contributed by atoms with Crippen molar-refractivity contribution in [1.82, 2.24) is 14.4 Å². The molecule has 0 radical (unpaired) electrons. The lowest BCUT2D eigenvalue weighted by atomic mass is 10.3. The van der Waals surface area contributed by atoms with Crippen LogP contribution in [0.3, 0.4) is 0 Å². The van der Waals surface area contributed by atoms with Gasteiger partial charge < -0.3 is 19.8 Å². The second-order valence-electron chi connectivity index (χ2n) is 4.37. The first kappa shape index (κ1) is 13.6. The molecule has 0 fully saturated rings. The molecule has 0 aliphatic carbocycles. The van der Waals surface area contributed by atoms with E-state index in [4.69, 9.17) is 4.74 Å². The number of rotatable bonds is 7. The maximum absolute atomic E-state index is 5.41. The van der Waals surface area contributed by atoms with Crippen molar-refractivity contribution in [2.24, 2.45) is 0 Å². The lowest BCUT2D eigenvalue weighted by Crippen LogP contribution is -2.23. The Morgan fingerprint density at radius 3 is 3.00 bits per heavy atom. The van der Waals surface area contributed by atoms with Crippen molar-refractivity contribution in [2.45, 2.75) is 26.8 Å². The van der Waals surface area contributed by atoms with Crippen molar-refractivity contribution >= 4 is 17.3 Å². The molecule has 0 amide bonds. The second-order valence-corrected chi connectivity index (χ2v) is 4.37. The first-order valence-corrected chi connectivity index (χ1v) is 6.66. The molecule has 1 unspecified atom stereocenters. The van der Waals surface area contributed by atoms with Gasteiger partial charge in [0, 0.05) is 31.6 Å². The van der Waals surface area contributed by atoms with E-state index < -0.39 is 0 Å². The van der Waals surface area contributed by atoms with Crippen LogP contribution in [0, 0.1) is 0 Å². The van der Waals surface area contributed by atoms with Crippen LogP contribution in [0.25, 0.3) is 5.65 Å². The third-order valence-electron chi connectivity index (χ3n) is 2.69. The zero-order chi connectivity index (χ0) is 13.7. The Morgan fingerprint density at radius 1 is 1.42 bits per heavy atom. The molecule has 2 N–H and O–H groups in total. The molecule has 0 bridgehead atoms. The molecule has 104 valence electrons. The first-order valence-electron chi connectivity index (χ1n) is 6.66. The Bertz CT molecular complexity index is 525.